The molecule has 2 aliphatic rings. The van der Waals surface area contributed by atoms with Gasteiger partial charge in [-0.05, 0) is 69.7 Å². The Balaban J connectivity index is 1.64. The van der Waals surface area contributed by atoms with E-state index in [1.165, 1.54) is 18.4 Å². The van der Waals surface area contributed by atoms with Gasteiger partial charge >= 0.3 is 5.97 Å². The molecule has 0 unspecified atom stereocenters. The maximum Gasteiger partial charge on any atom is 0.305 e. The summed E-state index contributed by atoms with van der Waals surface area (Å²) in [4.78, 5) is 13.9. The summed E-state index contributed by atoms with van der Waals surface area (Å²) in [6, 6.07) is 2.22. The highest BCUT2D eigenvalue weighted by Crippen LogP contribution is 2.22. The maximum atomic E-state index is 11.4. The molecule has 1 aliphatic carbocycles. The number of likely N-dealkylation sites (tertiary alicyclic amines) is 1. The van der Waals surface area contributed by atoms with Crippen LogP contribution in [0, 0.1) is 17.2 Å². The first-order valence-electron chi connectivity index (χ1n) is 9.05. The zero-order valence-corrected chi connectivity index (χ0v) is 14.7. The summed E-state index contributed by atoms with van der Waals surface area (Å²) in [5.41, 5.74) is 2.18. The monoisotopic (exact) mass is 328 g/mol. The molecule has 0 amide bonds. The minimum absolute atomic E-state index is 0.0581. The molecule has 130 valence electrons. The molecule has 0 aromatic heterocycles. The van der Waals surface area contributed by atoms with Gasteiger partial charge in [0.1, 0.15) is 0 Å². The Hall–Kier alpha value is -1.86. The Labute approximate surface area is 145 Å². The lowest BCUT2D eigenvalue weighted by Crippen LogP contribution is -2.34. The molecule has 1 fully saturated rings. The van der Waals surface area contributed by atoms with Crippen molar-refractivity contribution in [3.8, 4) is 6.07 Å². The summed E-state index contributed by atoms with van der Waals surface area (Å²) in [5.74, 6) is 0.599. The van der Waals surface area contributed by atoms with Crippen molar-refractivity contribution in [1.82, 2.24) is 4.90 Å². The van der Waals surface area contributed by atoms with E-state index in [1.54, 1.807) is 0 Å². The van der Waals surface area contributed by atoms with Crippen LogP contribution in [0.5, 0.6) is 0 Å². The molecule has 1 aliphatic heterocycles. The van der Waals surface area contributed by atoms with Crippen molar-refractivity contribution in [2.45, 2.75) is 45.4 Å². The zero-order valence-electron chi connectivity index (χ0n) is 14.7. The first-order valence-corrected chi connectivity index (χ1v) is 9.05. The van der Waals surface area contributed by atoms with Gasteiger partial charge in [0.25, 0.3) is 0 Å². The smallest absolute Gasteiger partial charge is 0.305 e. The molecule has 0 atom stereocenters. The van der Waals surface area contributed by atoms with Gasteiger partial charge < -0.3 is 4.74 Å². The Morgan fingerprint density at radius 2 is 2.17 bits per heavy atom. The van der Waals surface area contributed by atoms with Gasteiger partial charge in [-0.15, -0.1) is 0 Å². The molecular weight excluding hydrogens is 300 g/mol. The van der Waals surface area contributed by atoms with Gasteiger partial charge in [0.2, 0.25) is 0 Å². The van der Waals surface area contributed by atoms with Crippen LogP contribution in [0.3, 0.4) is 0 Å². The topological polar surface area (TPSA) is 53.3 Å². The average molecular weight is 328 g/mol. The Morgan fingerprint density at radius 1 is 1.38 bits per heavy atom. The van der Waals surface area contributed by atoms with Crippen molar-refractivity contribution in [3.63, 3.8) is 0 Å². The van der Waals surface area contributed by atoms with Crippen molar-refractivity contribution >= 4 is 5.97 Å². The minimum atomic E-state index is -0.0581. The largest absolute Gasteiger partial charge is 0.466 e. The second-order valence-electron chi connectivity index (χ2n) is 6.54. The molecule has 0 aromatic carbocycles. The highest BCUT2D eigenvalue weighted by molar-refractivity contribution is 5.69. The lowest BCUT2D eigenvalue weighted by molar-refractivity contribution is -0.143. The van der Waals surface area contributed by atoms with Gasteiger partial charge in [0, 0.05) is 18.5 Å². The number of carbonyl (C=O) groups is 1. The first kappa shape index (κ1) is 18.5. The second kappa shape index (κ2) is 10.1. The summed E-state index contributed by atoms with van der Waals surface area (Å²) < 4.78 is 4.99. The summed E-state index contributed by atoms with van der Waals surface area (Å²) in [6.07, 6.45) is 14.1. The molecular formula is C20H28N2O2. The molecule has 0 saturated carbocycles. The SMILES string of the molecule is CCOC(=O)CCC1CCN(C/C=C/C2=CC=C(C#N)CC2)CC1. The molecule has 2 rings (SSSR count). The van der Waals surface area contributed by atoms with E-state index >= 15 is 0 Å². The van der Waals surface area contributed by atoms with Crippen LogP contribution in [0.4, 0.5) is 0 Å². The highest BCUT2D eigenvalue weighted by Gasteiger charge is 2.19. The molecule has 0 aromatic rings. The van der Waals surface area contributed by atoms with Crippen LogP contribution in [-0.2, 0) is 9.53 Å². The summed E-state index contributed by atoms with van der Waals surface area (Å²) in [6.45, 7) is 5.53. The molecule has 24 heavy (non-hydrogen) atoms. The van der Waals surface area contributed by atoms with E-state index in [4.69, 9.17) is 10.00 Å². The summed E-state index contributed by atoms with van der Waals surface area (Å²) in [5, 5.41) is 8.84. The van der Waals surface area contributed by atoms with Gasteiger partial charge in [-0.2, -0.15) is 5.26 Å². The fraction of sp³-hybridized carbons (Fsp3) is 0.600. The molecule has 0 spiro atoms. The summed E-state index contributed by atoms with van der Waals surface area (Å²) in [7, 11) is 0. The van der Waals surface area contributed by atoms with Crippen molar-refractivity contribution in [2.24, 2.45) is 5.92 Å². The van der Waals surface area contributed by atoms with E-state index in [0.29, 0.717) is 18.9 Å². The van der Waals surface area contributed by atoms with Crippen LogP contribution in [-0.4, -0.2) is 37.1 Å². The molecule has 0 radical (unpaired) electrons. The Morgan fingerprint density at radius 3 is 2.79 bits per heavy atom. The fourth-order valence-electron chi connectivity index (χ4n) is 3.25. The number of nitriles is 1. The number of ether oxygens (including phenoxy) is 1. The minimum Gasteiger partial charge on any atom is -0.466 e. The zero-order chi connectivity index (χ0) is 17.2. The Kier molecular flexibility index (Phi) is 7.77. The third-order valence-corrected chi connectivity index (χ3v) is 4.79. The van der Waals surface area contributed by atoms with Crippen LogP contribution in [0.1, 0.15) is 45.4 Å². The van der Waals surface area contributed by atoms with Crippen molar-refractivity contribution < 1.29 is 9.53 Å². The third kappa shape index (κ3) is 6.33. The quantitative estimate of drug-likeness (QED) is 0.668. The van der Waals surface area contributed by atoms with E-state index in [0.717, 1.165) is 44.5 Å². The number of nitrogens with zero attached hydrogens (tertiary/aromatic N) is 2. The molecule has 4 nitrogen and oxygen atoms in total. The first-order chi connectivity index (χ1) is 11.7. The van der Waals surface area contributed by atoms with Crippen LogP contribution in [0.2, 0.25) is 0 Å². The number of esters is 1. The standard InChI is InChI=1S/C20H28N2O2/c1-2-24-20(23)10-9-18-11-14-22(15-12-18)13-3-4-17-5-7-19(16-21)8-6-17/h3-5,7,18H,2,6,8-15H2,1H3/b4-3+. The van der Waals surface area contributed by atoms with Gasteiger partial charge in [-0.3, -0.25) is 9.69 Å². The van der Waals surface area contributed by atoms with Crippen molar-refractivity contribution in [1.29, 1.82) is 5.26 Å². The number of hydrogen-bond donors (Lipinski definition) is 0. The lowest BCUT2D eigenvalue weighted by atomic mass is 9.92. The van der Waals surface area contributed by atoms with E-state index < -0.39 is 0 Å². The number of hydrogen-bond acceptors (Lipinski definition) is 4. The van der Waals surface area contributed by atoms with Crippen molar-refractivity contribution in [3.05, 3.63) is 35.5 Å². The number of piperidine rings is 1. The normalized spacial score (nSPS) is 19.7. The van der Waals surface area contributed by atoms with Gasteiger partial charge in [0.15, 0.2) is 0 Å². The number of rotatable bonds is 7. The molecule has 1 saturated heterocycles. The van der Waals surface area contributed by atoms with E-state index in [1.807, 2.05) is 13.0 Å². The predicted molar refractivity (Wildman–Crippen MR) is 95.2 cm³/mol. The highest BCUT2D eigenvalue weighted by atomic mass is 16.5. The summed E-state index contributed by atoms with van der Waals surface area (Å²) >= 11 is 0. The van der Waals surface area contributed by atoms with E-state index in [9.17, 15) is 4.79 Å². The maximum absolute atomic E-state index is 11.4. The second-order valence-corrected chi connectivity index (χ2v) is 6.54. The Bertz CT molecular complexity index is 546. The average Bonchev–Trinajstić information content (AvgIpc) is 2.62. The predicted octanol–water partition coefficient (Wildman–Crippen LogP) is 3.77. The van der Waals surface area contributed by atoms with Crippen LogP contribution >= 0.6 is 0 Å². The lowest BCUT2D eigenvalue weighted by Gasteiger charge is -2.31. The van der Waals surface area contributed by atoms with Crippen LogP contribution in [0.25, 0.3) is 0 Å². The van der Waals surface area contributed by atoms with Gasteiger partial charge in [-0.25, -0.2) is 0 Å². The molecule has 4 heteroatoms. The van der Waals surface area contributed by atoms with Crippen LogP contribution < -0.4 is 0 Å². The van der Waals surface area contributed by atoms with Gasteiger partial charge in [0.05, 0.1) is 12.7 Å². The third-order valence-electron chi connectivity index (χ3n) is 4.79. The number of carbonyl (C=O) groups excluding carboxylic acids is 1. The van der Waals surface area contributed by atoms with E-state index in [2.05, 4.69) is 29.2 Å². The molecule has 1 heterocycles. The fourth-order valence-corrected chi connectivity index (χ4v) is 3.25. The molecule has 0 bridgehead atoms. The van der Waals surface area contributed by atoms with E-state index in [-0.39, 0.29) is 5.97 Å². The van der Waals surface area contributed by atoms with Crippen molar-refractivity contribution in [2.75, 3.05) is 26.2 Å². The van der Waals surface area contributed by atoms with Crippen LogP contribution in [0.15, 0.2) is 35.5 Å². The molecule has 0 N–H and O–H groups in total. The number of allylic oxidation sites excluding steroid dienone is 5. The van der Waals surface area contributed by atoms with Gasteiger partial charge in [-0.1, -0.05) is 18.2 Å².